The highest BCUT2D eigenvalue weighted by atomic mass is 32.2. The predicted molar refractivity (Wildman–Crippen MR) is 70.6 cm³/mol. The normalized spacial score (nSPS) is 34.1. The van der Waals surface area contributed by atoms with Crippen LogP contribution in [0.3, 0.4) is 0 Å². The van der Waals surface area contributed by atoms with Crippen molar-refractivity contribution in [2.24, 2.45) is 0 Å². The number of fused-ring (bicyclic) bond motifs is 2. The Bertz CT molecular complexity index is 509. The summed E-state index contributed by atoms with van der Waals surface area (Å²) in [6.45, 7) is 3.36. The lowest BCUT2D eigenvalue weighted by Gasteiger charge is -2.38. The van der Waals surface area contributed by atoms with Crippen LogP contribution in [0.15, 0.2) is 0 Å². The first-order valence-electron chi connectivity index (χ1n) is 6.35. The van der Waals surface area contributed by atoms with E-state index in [0.29, 0.717) is 12.8 Å². The Morgan fingerprint density at radius 1 is 1.00 bits per heavy atom. The van der Waals surface area contributed by atoms with Crippen LogP contribution in [0.1, 0.15) is 39.5 Å². The van der Waals surface area contributed by atoms with Crippen LogP contribution in [0, 0.1) is 0 Å². The third-order valence-electron chi connectivity index (χ3n) is 4.12. The number of rotatable bonds is 3. The molecule has 0 aromatic carbocycles. The van der Waals surface area contributed by atoms with Gasteiger partial charge in [0.2, 0.25) is 10.0 Å². The average molecular weight is 295 g/mol. The van der Waals surface area contributed by atoms with Gasteiger partial charge in [-0.25, -0.2) is 16.8 Å². The minimum Gasteiger partial charge on any atom is -0.229 e. The molecule has 0 radical (unpaired) electrons. The monoisotopic (exact) mass is 295 g/mol. The van der Waals surface area contributed by atoms with Gasteiger partial charge in [-0.2, -0.15) is 4.31 Å². The molecule has 0 amide bonds. The summed E-state index contributed by atoms with van der Waals surface area (Å²) in [5.41, 5.74) is 0. The number of hydrogen-bond donors (Lipinski definition) is 0. The van der Waals surface area contributed by atoms with Gasteiger partial charge in [0.1, 0.15) is 9.84 Å². The van der Waals surface area contributed by atoms with Crippen molar-refractivity contribution < 1.29 is 16.8 Å². The molecular weight excluding hydrogens is 274 g/mol. The maximum Gasteiger partial charge on any atom is 0.216 e. The zero-order valence-electron chi connectivity index (χ0n) is 11.0. The van der Waals surface area contributed by atoms with Crippen molar-refractivity contribution in [1.29, 1.82) is 0 Å². The first kappa shape index (κ1) is 14.3. The Morgan fingerprint density at radius 3 is 1.78 bits per heavy atom. The van der Waals surface area contributed by atoms with Crippen LogP contribution in [-0.2, 0) is 19.9 Å². The smallest absolute Gasteiger partial charge is 0.216 e. The molecule has 2 saturated heterocycles. The molecule has 2 bridgehead atoms. The Kier molecular flexibility index (Phi) is 3.53. The molecule has 18 heavy (non-hydrogen) atoms. The van der Waals surface area contributed by atoms with E-state index in [1.807, 2.05) is 0 Å². The Balaban J connectivity index is 2.27. The number of piperidine rings is 1. The Morgan fingerprint density at radius 2 is 1.44 bits per heavy atom. The van der Waals surface area contributed by atoms with Crippen molar-refractivity contribution >= 4 is 19.9 Å². The van der Waals surface area contributed by atoms with Crippen LogP contribution >= 0.6 is 0 Å². The van der Waals surface area contributed by atoms with Crippen LogP contribution in [-0.4, -0.2) is 50.0 Å². The molecule has 2 rings (SSSR count). The fourth-order valence-electron chi connectivity index (χ4n) is 3.09. The zero-order valence-corrected chi connectivity index (χ0v) is 12.7. The molecule has 2 unspecified atom stereocenters. The van der Waals surface area contributed by atoms with Crippen molar-refractivity contribution in [1.82, 2.24) is 4.31 Å². The topological polar surface area (TPSA) is 71.5 Å². The van der Waals surface area contributed by atoms with E-state index >= 15 is 0 Å². The number of sulfonamides is 1. The molecule has 0 spiro atoms. The summed E-state index contributed by atoms with van der Waals surface area (Å²) in [4.78, 5) is 0. The minimum absolute atomic E-state index is 0.115. The van der Waals surface area contributed by atoms with Crippen LogP contribution in [0.2, 0.25) is 0 Å². The second kappa shape index (κ2) is 4.45. The van der Waals surface area contributed by atoms with Gasteiger partial charge in [0.05, 0.1) is 10.5 Å². The molecule has 0 aromatic heterocycles. The van der Waals surface area contributed by atoms with Gasteiger partial charge in [-0.05, 0) is 39.5 Å². The molecule has 0 saturated carbocycles. The van der Waals surface area contributed by atoms with Gasteiger partial charge in [0, 0.05) is 18.3 Å². The van der Waals surface area contributed by atoms with Gasteiger partial charge in [-0.3, -0.25) is 0 Å². The summed E-state index contributed by atoms with van der Waals surface area (Å²) in [5.74, 6) is 0. The first-order valence-corrected chi connectivity index (χ1v) is 9.81. The van der Waals surface area contributed by atoms with Gasteiger partial charge in [0.15, 0.2) is 0 Å². The third-order valence-corrected chi connectivity index (χ3v) is 8.09. The number of nitrogens with zero attached hydrogens (tertiary/aromatic N) is 1. The van der Waals surface area contributed by atoms with Crippen LogP contribution < -0.4 is 0 Å². The highest BCUT2D eigenvalue weighted by Crippen LogP contribution is 2.40. The SMILES string of the molecule is CC(C)S(=O)(=O)N1C2CCC1CC(S(C)(=O)=O)C2. The van der Waals surface area contributed by atoms with E-state index in [1.165, 1.54) is 6.26 Å². The van der Waals surface area contributed by atoms with Gasteiger partial charge < -0.3 is 0 Å². The standard InChI is InChI=1S/C11H21NO4S2/c1-8(2)18(15,16)12-9-4-5-10(12)7-11(6-9)17(3,13)14/h8-11H,4-7H2,1-3H3. The third kappa shape index (κ3) is 2.32. The van der Waals surface area contributed by atoms with Gasteiger partial charge in [-0.1, -0.05) is 0 Å². The molecule has 2 aliphatic heterocycles. The average Bonchev–Trinajstić information content (AvgIpc) is 2.49. The van der Waals surface area contributed by atoms with Crippen molar-refractivity contribution in [2.45, 2.75) is 62.1 Å². The van der Waals surface area contributed by atoms with E-state index < -0.39 is 25.1 Å². The fraction of sp³-hybridized carbons (Fsp3) is 1.00. The van der Waals surface area contributed by atoms with E-state index in [1.54, 1.807) is 18.2 Å². The Labute approximate surface area is 110 Å². The summed E-state index contributed by atoms with van der Waals surface area (Å²) < 4.78 is 49.4. The van der Waals surface area contributed by atoms with Gasteiger partial charge in [-0.15, -0.1) is 0 Å². The van der Waals surface area contributed by atoms with Crippen LogP contribution in [0.4, 0.5) is 0 Å². The minimum atomic E-state index is -3.27. The van der Waals surface area contributed by atoms with Crippen molar-refractivity contribution in [3.63, 3.8) is 0 Å². The second-order valence-electron chi connectivity index (χ2n) is 5.73. The predicted octanol–water partition coefficient (Wildman–Crippen LogP) is 0.765. The van der Waals surface area contributed by atoms with E-state index in [0.717, 1.165) is 12.8 Å². The van der Waals surface area contributed by atoms with Crippen molar-refractivity contribution in [3.05, 3.63) is 0 Å². The van der Waals surface area contributed by atoms with Crippen LogP contribution in [0.5, 0.6) is 0 Å². The molecule has 2 fully saturated rings. The molecule has 0 aromatic rings. The van der Waals surface area contributed by atoms with E-state index in [4.69, 9.17) is 0 Å². The van der Waals surface area contributed by atoms with Crippen molar-refractivity contribution in [3.8, 4) is 0 Å². The quantitative estimate of drug-likeness (QED) is 0.771. The molecule has 7 heteroatoms. The molecule has 2 heterocycles. The maximum atomic E-state index is 12.3. The summed E-state index contributed by atoms with van der Waals surface area (Å²) in [6.07, 6.45) is 3.76. The van der Waals surface area contributed by atoms with Crippen LogP contribution in [0.25, 0.3) is 0 Å². The highest BCUT2D eigenvalue weighted by Gasteiger charge is 2.49. The second-order valence-corrected chi connectivity index (χ2v) is 10.5. The molecule has 0 aliphatic carbocycles. The molecule has 5 nitrogen and oxygen atoms in total. The zero-order chi connectivity index (χ0) is 13.7. The first-order chi connectivity index (χ1) is 8.14. The van der Waals surface area contributed by atoms with Crippen molar-refractivity contribution in [2.75, 3.05) is 6.26 Å². The lowest BCUT2D eigenvalue weighted by atomic mass is 10.1. The molecular formula is C11H21NO4S2. The molecule has 106 valence electrons. The number of sulfone groups is 1. The van der Waals surface area contributed by atoms with Gasteiger partial charge >= 0.3 is 0 Å². The lowest BCUT2D eigenvalue weighted by Crippen LogP contribution is -2.51. The van der Waals surface area contributed by atoms with E-state index in [-0.39, 0.29) is 17.3 Å². The Hall–Kier alpha value is -0.140. The van der Waals surface area contributed by atoms with Gasteiger partial charge in [0.25, 0.3) is 0 Å². The van der Waals surface area contributed by atoms with E-state index in [9.17, 15) is 16.8 Å². The summed E-state index contributed by atoms with van der Waals surface area (Å²) >= 11 is 0. The summed E-state index contributed by atoms with van der Waals surface area (Å²) in [5, 5.41) is -0.802. The molecule has 0 N–H and O–H groups in total. The lowest BCUT2D eigenvalue weighted by molar-refractivity contribution is 0.247. The maximum absolute atomic E-state index is 12.3. The summed E-state index contributed by atoms with van der Waals surface area (Å²) in [7, 11) is -6.33. The molecule has 2 atom stereocenters. The summed E-state index contributed by atoms with van der Waals surface area (Å²) in [6, 6.07) is -0.230. The molecule has 2 aliphatic rings. The highest BCUT2D eigenvalue weighted by molar-refractivity contribution is 7.91. The largest absolute Gasteiger partial charge is 0.229 e. The van der Waals surface area contributed by atoms with E-state index in [2.05, 4.69) is 0 Å². The fourth-order valence-corrected chi connectivity index (χ4v) is 5.94. The number of hydrogen-bond acceptors (Lipinski definition) is 4.